The van der Waals surface area contributed by atoms with Gasteiger partial charge in [0.2, 0.25) is 0 Å². The number of fused-ring (bicyclic) bond motifs is 1. The molecule has 0 radical (unpaired) electrons. The number of rotatable bonds is 4. The highest BCUT2D eigenvalue weighted by atomic mass is 16.6. The van der Waals surface area contributed by atoms with Gasteiger partial charge in [0, 0.05) is 22.9 Å². The summed E-state index contributed by atoms with van der Waals surface area (Å²) in [7, 11) is 3.10. The van der Waals surface area contributed by atoms with Gasteiger partial charge in [-0.25, -0.2) is 4.79 Å². The Labute approximate surface area is 117 Å². The maximum atomic E-state index is 11.5. The van der Waals surface area contributed by atoms with Crippen LogP contribution in [0.15, 0.2) is 36.9 Å². The summed E-state index contributed by atoms with van der Waals surface area (Å²) in [5.74, 6) is 0.941. The molecule has 0 N–H and O–H groups in total. The molecule has 2 aromatic carbocycles. The molecule has 0 aliphatic carbocycles. The minimum absolute atomic E-state index is 0.369. The van der Waals surface area contributed by atoms with E-state index in [0.29, 0.717) is 17.2 Å². The van der Waals surface area contributed by atoms with Crippen LogP contribution in [0.1, 0.15) is 5.56 Å². The smallest absolute Gasteiger partial charge is 0.335 e. The molecule has 0 aromatic heterocycles. The van der Waals surface area contributed by atoms with Gasteiger partial charge in [0.15, 0.2) is 11.5 Å². The molecule has 0 saturated heterocycles. The molecule has 2 aromatic rings. The molecule has 0 atom stereocenters. The van der Waals surface area contributed by atoms with Gasteiger partial charge in [-0.15, -0.1) is 0 Å². The van der Waals surface area contributed by atoms with Gasteiger partial charge in [-0.05, 0) is 13.0 Å². The number of methoxy groups -OCH3 is 2. The molecule has 4 heteroatoms. The van der Waals surface area contributed by atoms with Crippen molar-refractivity contribution < 1.29 is 19.0 Å². The fourth-order valence-corrected chi connectivity index (χ4v) is 2.02. The zero-order chi connectivity index (χ0) is 14.7. The zero-order valence-electron chi connectivity index (χ0n) is 11.7. The second-order valence-corrected chi connectivity index (χ2v) is 4.28. The van der Waals surface area contributed by atoms with Crippen molar-refractivity contribution in [2.75, 3.05) is 14.2 Å². The molecule has 0 unspecified atom stereocenters. The van der Waals surface area contributed by atoms with E-state index in [-0.39, 0.29) is 0 Å². The van der Waals surface area contributed by atoms with E-state index in [9.17, 15) is 4.79 Å². The maximum absolute atomic E-state index is 11.5. The Hall–Kier alpha value is -2.49. The fourth-order valence-electron chi connectivity index (χ4n) is 2.02. The van der Waals surface area contributed by atoms with Crippen molar-refractivity contribution in [2.45, 2.75) is 6.92 Å². The van der Waals surface area contributed by atoms with Crippen LogP contribution in [-0.2, 0) is 4.79 Å². The van der Waals surface area contributed by atoms with Crippen molar-refractivity contribution in [1.29, 1.82) is 0 Å². The van der Waals surface area contributed by atoms with E-state index in [1.807, 2.05) is 25.1 Å². The van der Waals surface area contributed by atoms with Gasteiger partial charge >= 0.3 is 5.97 Å². The summed E-state index contributed by atoms with van der Waals surface area (Å²) in [4.78, 5) is 11.5. The van der Waals surface area contributed by atoms with Crippen LogP contribution in [0, 0.1) is 6.92 Å². The first-order valence-corrected chi connectivity index (χ1v) is 6.10. The second kappa shape index (κ2) is 5.65. The average molecular weight is 272 g/mol. The number of esters is 1. The molecule has 2 rings (SSSR count). The van der Waals surface area contributed by atoms with Gasteiger partial charge in [0.1, 0.15) is 5.75 Å². The molecule has 0 heterocycles. The molecule has 20 heavy (non-hydrogen) atoms. The second-order valence-electron chi connectivity index (χ2n) is 4.28. The van der Waals surface area contributed by atoms with Gasteiger partial charge < -0.3 is 14.2 Å². The van der Waals surface area contributed by atoms with Crippen LogP contribution < -0.4 is 14.2 Å². The minimum atomic E-state index is -0.532. The van der Waals surface area contributed by atoms with Crippen LogP contribution in [0.5, 0.6) is 17.2 Å². The van der Waals surface area contributed by atoms with Crippen LogP contribution in [0.25, 0.3) is 10.8 Å². The standard InChI is InChI=1S/C16H16O4/c1-5-15(17)20-16-11-7-6-10(2)8-12(11)13(18-3)9-14(16)19-4/h5-9H,1H2,2-4H3. The van der Waals surface area contributed by atoms with E-state index in [1.54, 1.807) is 13.2 Å². The highest BCUT2D eigenvalue weighted by Crippen LogP contribution is 2.41. The lowest BCUT2D eigenvalue weighted by Gasteiger charge is -2.14. The average Bonchev–Trinajstić information content (AvgIpc) is 2.47. The Morgan fingerprint density at radius 3 is 2.40 bits per heavy atom. The summed E-state index contributed by atoms with van der Waals surface area (Å²) < 4.78 is 16.0. The van der Waals surface area contributed by atoms with Crippen LogP contribution in [0.4, 0.5) is 0 Å². The van der Waals surface area contributed by atoms with E-state index in [2.05, 4.69) is 6.58 Å². The van der Waals surface area contributed by atoms with Gasteiger partial charge in [-0.2, -0.15) is 0 Å². The number of hydrogen-bond acceptors (Lipinski definition) is 4. The molecule has 0 bridgehead atoms. The predicted molar refractivity (Wildman–Crippen MR) is 77.6 cm³/mol. The molecule has 104 valence electrons. The van der Waals surface area contributed by atoms with Crippen LogP contribution in [0.3, 0.4) is 0 Å². The number of aryl methyl sites for hydroxylation is 1. The van der Waals surface area contributed by atoms with Gasteiger partial charge in [0.05, 0.1) is 14.2 Å². The maximum Gasteiger partial charge on any atom is 0.335 e. The largest absolute Gasteiger partial charge is 0.496 e. The van der Waals surface area contributed by atoms with Gasteiger partial charge in [-0.3, -0.25) is 0 Å². The molecule has 0 amide bonds. The van der Waals surface area contributed by atoms with Crippen LogP contribution in [0.2, 0.25) is 0 Å². The summed E-state index contributed by atoms with van der Waals surface area (Å²) >= 11 is 0. The molecule has 4 nitrogen and oxygen atoms in total. The monoisotopic (exact) mass is 272 g/mol. The number of ether oxygens (including phenoxy) is 3. The van der Waals surface area contributed by atoms with E-state index >= 15 is 0 Å². The van der Waals surface area contributed by atoms with Crippen molar-refractivity contribution in [3.63, 3.8) is 0 Å². The third kappa shape index (κ3) is 2.45. The van der Waals surface area contributed by atoms with Crippen molar-refractivity contribution >= 4 is 16.7 Å². The Balaban J connectivity index is 2.76. The summed E-state index contributed by atoms with van der Waals surface area (Å²) in [5.41, 5.74) is 1.09. The Kier molecular flexibility index (Phi) is 3.94. The van der Waals surface area contributed by atoms with E-state index < -0.39 is 5.97 Å². The van der Waals surface area contributed by atoms with Crippen molar-refractivity contribution in [3.05, 3.63) is 42.5 Å². The first-order valence-electron chi connectivity index (χ1n) is 6.10. The van der Waals surface area contributed by atoms with Crippen molar-refractivity contribution in [2.24, 2.45) is 0 Å². The Morgan fingerprint density at radius 1 is 1.10 bits per heavy atom. The van der Waals surface area contributed by atoms with Gasteiger partial charge in [0.25, 0.3) is 0 Å². The molecule has 0 fully saturated rings. The van der Waals surface area contributed by atoms with Crippen LogP contribution >= 0.6 is 0 Å². The minimum Gasteiger partial charge on any atom is -0.496 e. The predicted octanol–water partition coefficient (Wildman–Crippen LogP) is 3.26. The molecular weight excluding hydrogens is 256 g/mol. The molecular formula is C16H16O4. The summed E-state index contributed by atoms with van der Waals surface area (Å²) in [6.45, 7) is 5.38. The summed E-state index contributed by atoms with van der Waals surface area (Å²) in [5, 5.41) is 1.61. The van der Waals surface area contributed by atoms with E-state index in [1.165, 1.54) is 7.11 Å². The van der Waals surface area contributed by atoms with Crippen LogP contribution in [-0.4, -0.2) is 20.2 Å². The first-order chi connectivity index (χ1) is 9.60. The quantitative estimate of drug-likeness (QED) is 0.487. The number of benzene rings is 2. The SMILES string of the molecule is C=CC(=O)Oc1c(OC)cc(OC)c2cc(C)ccc12. The first kappa shape index (κ1) is 13.9. The fraction of sp³-hybridized carbons (Fsp3) is 0.188. The van der Waals surface area contributed by atoms with E-state index in [4.69, 9.17) is 14.2 Å². The lowest BCUT2D eigenvalue weighted by Crippen LogP contribution is -2.05. The molecule has 0 saturated carbocycles. The Bertz CT molecular complexity index is 674. The Morgan fingerprint density at radius 2 is 1.80 bits per heavy atom. The number of carbonyl (C=O) groups excluding carboxylic acids is 1. The lowest BCUT2D eigenvalue weighted by molar-refractivity contribution is -0.128. The number of carbonyl (C=O) groups is 1. The van der Waals surface area contributed by atoms with Crippen molar-refractivity contribution in [3.8, 4) is 17.2 Å². The van der Waals surface area contributed by atoms with Crippen molar-refractivity contribution in [1.82, 2.24) is 0 Å². The van der Waals surface area contributed by atoms with Gasteiger partial charge in [-0.1, -0.05) is 24.3 Å². The molecule has 0 aliphatic heterocycles. The number of hydrogen-bond donors (Lipinski definition) is 0. The zero-order valence-corrected chi connectivity index (χ0v) is 11.7. The molecule has 0 aliphatic rings. The topological polar surface area (TPSA) is 44.8 Å². The lowest BCUT2D eigenvalue weighted by atomic mass is 10.0. The molecule has 0 spiro atoms. The highest BCUT2D eigenvalue weighted by Gasteiger charge is 2.16. The third-order valence-electron chi connectivity index (χ3n) is 2.98. The highest BCUT2D eigenvalue weighted by molar-refractivity contribution is 5.98. The van der Waals surface area contributed by atoms with E-state index in [0.717, 1.165) is 22.4 Å². The normalized spacial score (nSPS) is 10.2. The summed E-state index contributed by atoms with van der Waals surface area (Å²) in [6, 6.07) is 7.49. The summed E-state index contributed by atoms with van der Waals surface area (Å²) in [6.07, 6.45) is 1.11. The third-order valence-corrected chi connectivity index (χ3v) is 2.98.